The van der Waals surface area contributed by atoms with Crippen molar-refractivity contribution in [3.05, 3.63) is 95.3 Å². The third kappa shape index (κ3) is 7.10. The summed E-state index contributed by atoms with van der Waals surface area (Å²) in [4.78, 5) is 22.8. The molecule has 1 aromatic rings. The van der Waals surface area contributed by atoms with Crippen LogP contribution in [0.4, 0.5) is 0 Å². The molecular formula is C28H30O6. The molecule has 6 heteroatoms. The molecule has 0 aromatic heterocycles. The monoisotopic (exact) mass is 462 g/mol. The standard InChI is InChI=1S/C28H30O6/c1-19(2)27(29)33-17-31-25-13-9-23(10-14-25)21-5-7-22(8-6-21)24-11-15-26(16-12-24)32-18-34-28(30)20(3)4/h5,7,9-11,13-15H,1,3,6,8,12,16-18H2,2,4H3. The van der Waals surface area contributed by atoms with Crippen molar-refractivity contribution in [2.45, 2.75) is 39.5 Å². The fourth-order valence-electron chi connectivity index (χ4n) is 3.47. The van der Waals surface area contributed by atoms with Gasteiger partial charge in [0.1, 0.15) is 11.5 Å². The van der Waals surface area contributed by atoms with Crippen LogP contribution in [0, 0.1) is 0 Å². The van der Waals surface area contributed by atoms with Crippen LogP contribution in [0.5, 0.6) is 5.75 Å². The maximum atomic E-state index is 11.4. The van der Waals surface area contributed by atoms with E-state index in [0.29, 0.717) is 16.9 Å². The lowest BCUT2D eigenvalue weighted by Crippen LogP contribution is -2.10. The van der Waals surface area contributed by atoms with Crippen LogP contribution in [0.1, 0.15) is 45.1 Å². The van der Waals surface area contributed by atoms with Crippen molar-refractivity contribution < 1.29 is 28.5 Å². The summed E-state index contributed by atoms with van der Waals surface area (Å²) >= 11 is 0. The van der Waals surface area contributed by atoms with Crippen molar-refractivity contribution in [3.63, 3.8) is 0 Å². The van der Waals surface area contributed by atoms with Crippen LogP contribution in [-0.2, 0) is 23.8 Å². The predicted octanol–water partition coefficient (Wildman–Crippen LogP) is 5.94. The van der Waals surface area contributed by atoms with Gasteiger partial charge in [0.15, 0.2) is 0 Å². The van der Waals surface area contributed by atoms with Gasteiger partial charge in [0.2, 0.25) is 13.6 Å². The molecule has 0 aliphatic heterocycles. The van der Waals surface area contributed by atoms with E-state index >= 15 is 0 Å². The zero-order valence-corrected chi connectivity index (χ0v) is 19.7. The molecule has 2 aliphatic rings. The molecule has 0 saturated heterocycles. The average molecular weight is 463 g/mol. The van der Waals surface area contributed by atoms with Gasteiger partial charge in [-0.2, -0.15) is 0 Å². The van der Waals surface area contributed by atoms with E-state index in [-0.39, 0.29) is 13.6 Å². The molecule has 3 rings (SSSR count). The number of hydrogen-bond acceptors (Lipinski definition) is 6. The highest BCUT2D eigenvalue weighted by Crippen LogP contribution is 2.34. The molecule has 1 aromatic carbocycles. The number of rotatable bonds is 10. The Morgan fingerprint density at radius 1 is 0.706 bits per heavy atom. The minimum absolute atomic E-state index is 0.0982. The molecule has 0 amide bonds. The summed E-state index contributed by atoms with van der Waals surface area (Å²) in [6.45, 7) is 10.0. The summed E-state index contributed by atoms with van der Waals surface area (Å²) in [5.74, 6) is 0.525. The smallest absolute Gasteiger partial charge is 0.335 e. The van der Waals surface area contributed by atoms with Crippen molar-refractivity contribution in [1.82, 2.24) is 0 Å². The molecular weight excluding hydrogens is 432 g/mol. The second-order valence-electron chi connectivity index (χ2n) is 8.18. The highest BCUT2D eigenvalue weighted by atomic mass is 16.7. The molecule has 0 bridgehead atoms. The van der Waals surface area contributed by atoms with E-state index in [2.05, 4.69) is 31.4 Å². The average Bonchev–Trinajstić information content (AvgIpc) is 2.85. The molecule has 0 spiro atoms. The normalized spacial score (nSPS) is 15.1. The van der Waals surface area contributed by atoms with Gasteiger partial charge in [-0.05, 0) is 73.6 Å². The van der Waals surface area contributed by atoms with E-state index in [0.717, 1.165) is 37.0 Å². The first kappa shape index (κ1) is 24.8. The Morgan fingerprint density at radius 2 is 1.21 bits per heavy atom. The number of hydrogen-bond donors (Lipinski definition) is 0. The van der Waals surface area contributed by atoms with Gasteiger partial charge in [-0.15, -0.1) is 0 Å². The van der Waals surface area contributed by atoms with Crippen LogP contribution < -0.4 is 4.74 Å². The minimum atomic E-state index is -0.469. The van der Waals surface area contributed by atoms with Crippen LogP contribution in [-0.4, -0.2) is 25.5 Å². The molecule has 2 aliphatic carbocycles. The molecule has 0 fully saturated rings. The molecule has 34 heavy (non-hydrogen) atoms. The minimum Gasteiger partial charge on any atom is -0.462 e. The van der Waals surface area contributed by atoms with Gasteiger partial charge in [-0.25, -0.2) is 9.59 Å². The summed E-state index contributed by atoms with van der Waals surface area (Å²) in [5.41, 5.74) is 5.72. The Labute approximate surface area is 200 Å². The highest BCUT2D eigenvalue weighted by molar-refractivity contribution is 5.87. The topological polar surface area (TPSA) is 71.1 Å². The van der Waals surface area contributed by atoms with E-state index in [9.17, 15) is 9.59 Å². The predicted molar refractivity (Wildman–Crippen MR) is 130 cm³/mol. The second-order valence-corrected chi connectivity index (χ2v) is 8.18. The molecule has 6 nitrogen and oxygen atoms in total. The number of allylic oxidation sites excluding steroid dienone is 8. The second kappa shape index (κ2) is 11.9. The Kier molecular flexibility index (Phi) is 8.68. The van der Waals surface area contributed by atoms with Crippen molar-refractivity contribution >= 4 is 17.5 Å². The van der Waals surface area contributed by atoms with E-state index in [1.54, 1.807) is 13.8 Å². The van der Waals surface area contributed by atoms with Gasteiger partial charge in [0.05, 0.1) is 0 Å². The molecule has 0 radical (unpaired) electrons. The highest BCUT2D eigenvalue weighted by Gasteiger charge is 2.15. The summed E-state index contributed by atoms with van der Waals surface area (Å²) in [7, 11) is 0. The first-order valence-corrected chi connectivity index (χ1v) is 11.1. The summed E-state index contributed by atoms with van der Waals surface area (Å²) < 4.78 is 20.9. The maximum absolute atomic E-state index is 11.4. The van der Waals surface area contributed by atoms with Crippen molar-refractivity contribution in [3.8, 4) is 5.75 Å². The Balaban J connectivity index is 1.52. The van der Waals surface area contributed by atoms with Gasteiger partial charge in [0, 0.05) is 17.6 Å². The summed E-state index contributed by atoms with van der Waals surface area (Å²) in [6, 6.07) is 7.75. The van der Waals surface area contributed by atoms with Crippen LogP contribution in [0.15, 0.2) is 89.8 Å². The third-order valence-electron chi connectivity index (χ3n) is 5.44. The number of carbonyl (C=O) groups excluding carboxylic acids is 2. The van der Waals surface area contributed by atoms with E-state index < -0.39 is 11.9 Å². The first-order valence-electron chi connectivity index (χ1n) is 11.1. The Hall–Kier alpha value is -3.80. The lowest BCUT2D eigenvalue weighted by molar-refractivity contribution is -0.148. The van der Waals surface area contributed by atoms with Gasteiger partial charge in [0.25, 0.3) is 0 Å². The van der Waals surface area contributed by atoms with E-state index in [4.69, 9.17) is 18.9 Å². The van der Waals surface area contributed by atoms with Crippen molar-refractivity contribution in [2.24, 2.45) is 0 Å². The molecule has 0 N–H and O–H groups in total. The first-order chi connectivity index (χ1) is 16.3. The fourth-order valence-corrected chi connectivity index (χ4v) is 3.47. The van der Waals surface area contributed by atoms with Crippen molar-refractivity contribution in [2.75, 3.05) is 13.6 Å². The molecule has 0 heterocycles. The van der Waals surface area contributed by atoms with Crippen LogP contribution in [0.2, 0.25) is 0 Å². The van der Waals surface area contributed by atoms with E-state index in [1.807, 2.05) is 30.3 Å². The quantitative estimate of drug-likeness (QED) is 0.243. The Morgan fingerprint density at radius 3 is 1.71 bits per heavy atom. The fraction of sp³-hybridized carbons (Fsp3) is 0.286. The third-order valence-corrected chi connectivity index (χ3v) is 5.44. The SMILES string of the molecule is C=C(C)C(=O)OCOC1=CC=C(C2=CC=C(c3ccc(OCOC(=O)C(=C)C)cc3)CC2)CC1. The summed E-state index contributed by atoms with van der Waals surface area (Å²) in [6.07, 6.45) is 11.9. The zero-order valence-electron chi connectivity index (χ0n) is 19.7. The van der Waals surface area contributed by atoms with Gasteiger partial charge >= 0.3 is 11.9 Å². The van der Waals surface area contributed by atoms with Gasteiger partial charge in [-0.1, -0.05) is 43.5 Å². The number of ether oxygens (including phenoxy) is 4. The number of carbonyl (C=O) groups is 2. The van der Waals surface area contributed by atoms with Crippen LogP contribution in [0.3, 0.4) is 0 Å². The van der Waals surface area contributed by atoms with Crippen molar-refractivity contribution in [1.29, 1.82) is 0 Å². The molecule has 0 unspecified atom stereocenters. The number of esters is 2. The lowest BCUT2D eigenvalue weighted by Gasteiger charge is -2.21. The molecule has 0 saturated carbocycles. The molecule has 178 valence electrons. The summed E-state index contributed by atoms with van der Waals surface area (Å²) in [5, 5.41) is 0. The maximum Gasteiger partial charge on any atom is 0.335 e. The number of benzene rings is 1. The molecule has 0 atom stereocenters. The zero-order chi connectivity index (χ0) is 24.5. The van der Waals surface area contributed by atoms with Gasteiger partial charge < -0.3 is 18.9 Å². The van der Waals surface area contributed by atoms with E-state index in [1.165, 1.54) is 16.7 Å². The van der Waals surface area contributed by atoms with Crippen LogP contribution >= 0.6 is 0 Å². The lowest BCUT2D eigenvalue weighted by atomic mass is 9.87. The Bertz CT molecular complexity index is 1080. The van der Waals surface area contributed by atoms with Crippen LogP contribution in [0.25, 0.3) is 5.57 Å². The van der Waals surface area contributed by atoms with Gasteiger partial charge in [-0.3, -0.25) is 0 Å². The largest absolute Gasteiger partial charge is 0.462 e.